The minimum atomic E-state index is -0.127. The van der Waals surface area contributed by atoms with E-state index < -0.39 is 0 Å². The monoisotopic (exact) mass is 319 g/mol. The van der Waals surface area contributed by atoms with Crippen molar-refractivity contribution in [1.82, 2.24) is 19.7 Å². The third-order valence-corrected chi connectivity index (χ3v) is 4.61. The summed E-state index contributed by atoms with van der Waals surface area (Å²) in [6, 6.07) is 3.88. The highest BCUT2D eigenvalue weighted by Gasteiger charge is 2.11. The lowest BCUT2D eigenvalue weighted by atomic mass is 10.3. The van der Waals surface area contributed by atoms with E-state index >= 15 is 0 Å². The second kappa shape index (κ2) is 6.15. The number of anilines is 1. The van der Waals surface area contributed by atoms with Crippen LogP contribution in [-0.2, 0) is 17.6 Å². The Labute approximate surface area is 129 Å². The van der Waals surface area contributed by atoms with Crippen LogP contribution in [0, 0.1) is 0 Å². The summed E-state index contributed by atoms with van der Waals surface area (Å²) in [4.78, 5) is 16.4. The van der Waals surface area contributed by atoms with Crippen molar-refractivity contribution in [2.75, 3.05) is 5.32 Å². The molecule has 0 saturated heterocycles. The molecule has 21 heavy (non-hydrogen) atoms. The largest absolute Gasteiger partial charge is 0.300 e. The smallest absolute Gasteiger partial charge is 0.232 e. The average molecular weight is 319 g/mol. The molecule has 3 rings (SSSR count). The van der Waals surface area contributed by atoms with Crippen molar-refractivity contribution in [1.29, 1.82) is 0 Å². The Morgan fingerprint density at radius 1 is 1.33 bits per heavy atom. The summed E-state index contributed by atoms with van der Waals surface area (Å²) in [5.41, 5.74) is 0.751. The highest BCUT2D eigenvalue weighted by atomic mass is 32.1. The van der Waals surface area contributed by atoms with Crippen LogP contribution < -0.4 is 5.32 Å². The molecule has 1 amide bonds. The van der Waals surface area contributed by atoms with E-state index in [0.717, 1.165) is 22.3 Å². The molecule has 8 heteroatoms. The minimum Gasteiger partial charge on any atom is -0.300 e. The summed E-state index contributed by atoms with van der Waals surface area (Å²) >= 11 is 2.91. The van der Waals surface area contributed by atoms with Crippen molar-refractivity contribution >= 4 is 33.7 Å². The van der Waals surface area contributed by atoms with Gasteiger partial charge in [-0.3, -0.25) is 4.79 Å². The molecule has 0 atom stereocenters. The van der Waals surface area contributed by atoms with Crippen LogP contribution in [0.3, 0.4) is 0 Å². The Kier molecular flexibility index (Phi) is 4.07. The predicted molar refractivity (Wildman–Crippen MR) is 83.1 cm³/mol. The fourth-order valence-electron chi connectivity index (χ4n) is 1.73. The Morgan fingerprint density at radius 3 is 2.86 bits per heavy atom. The molecule has 3 aromatic heterocycles. The van der Waals surface area contributed by atoms with Crippen LogP contribution in [0.1, 0.15) is 17.6 Å². The van der Waals surface area contributed by atoms with Crippen LogP contribution in [0.2, 0.25) is 0 Å². The molecule has 0 fully saturated rings. The van der Waals surface area contributed by atoms with Crippen molar-refractivity contribution < 1.29 is 4.79 Å². The number of nitrogens with zero attached hydrogens (tertiary/aromatic N) is 4. The van der Waals surface area contributed by atoms with Crippen molar-refractivity contribution in [2.45, 2.75) is 19.8 Å². The van der Waals surface area contributed by atoms with Gasteiger partial charge in [0.05, 0.1) is 12.1 Å². The van der Waals surface area contributed by atoms with E-state index in [2.05, 4.69) is 20.5 Å². The Morgan fingerprint density at radius 2 is 2.14 bits per heavy atom. The van der Waals surface area contributed by atoms with Crippen LogP contribution in [0.4, 0.5) is 5.13 Å². The lowest BCUT2D eigenvalue weighted by Gasteiger charge is -1.98. The van der Waals surface area contributed by atoms with Crippen molar-refractivity contribution in [2.24, 2.45) is 0 Å². The van der Waals surface area contributed by atoms with Crippen molar-refractivity contribution in [3.8, 4) is 5.13 Å². The summed E-state index contributed by atoms with van der Waals surface area (Å²) in [5, 5.41) is 14.9. The molecule has 0 aromatic carbocycles. The molecule has 0 unspecified atom stereocenters. The molecule has 3 heterocycles. The van der Waals surface area contributed by atoms with Crippen LogP contribution in [0.5, 0.6) is 0 Å². The topological polar surface area (TPSA) is 72.7 Å². The molecular formula is C13H13N5OS2. The van der Waals surface area contributed by atoms with Gasteiger partial charge in [0.1, 0.15) is 5.01 Å². The number of rotatable bonds is 5. The highest BCUT2D eigenvalue weighted by Crippen LogP contribution is 2.17. The van der Waals surface area contributed by atoms with Crippen LogP contribution in [-0.4, -0.2) is 25.7 Å². The fourth-order valence-corrected chi connectivity index (χ4v) is 3.22. The van der Waals surface area contributed by atoms with Crippen LogP contribution in [0.15, 0.2) is 29.9 Å². The van der Waals surface area contributed by atoms with Gasteiger partial charge in [-0.2, -0.15) is 0 Å². The number of hydrogen-bond acceptors (Lipinski definition) is 6. The van der Waals surface area contributed by atoms with E-state index in [9.17, 15) is 4.79 Å². The fraction of sp³-hybridized carbons (Fsp3) is 0.231. The van der Waals surface area contributed by atoms with Crippen LogP contribution in [0.25, 0.3) is 5.13 Å². The zero-order valence-electron chi connectivity index (χ0n) is 11.3. The molecular weight excluding hydrogens is 306 g/mol. The van der Waals surface area contributed by atoms with Gasteiger partial charge in [-0.25, -0.2) is 4.98 Å². The first-order valence-electron chi connectivity index (χ1n) is 6.44. The van der Waals surface area contributed by atoms with Gasteiger partial charge in [0.25, 0.3) is 0 Å². The van der Waals surface area contributed by atoms with Gasteiger partial charge in [0, 0.05) is 17.8 Å². The second-order valence-electron chi connectivity index (χ2n) is 4.29. The molecule has 6 nitrogen and oxygen atoms in total. The summed E-state index contributed by atoms with van der Waals surface area (Å²) in [6.45, 7) is 2.00. The normalized spacial score (nSPS) is 10.7. The number of aromatic nitrogens is 4. The highest BCUT2D eigenvalue weighted by molar-refractivity contribution is 7.15. The molecule has 3 aromatic rings. The lowest BCUT2D eigenvalue weighted by molar-refractivity contribution is -0.115. The number of carbonyl (C=O) groups is 1. The van der Waals surface area contributed by atoms with E-state index in [0.29, 0.717) is 5.13 Å². The molecule has 108 valence electrons. The number of nitrogens with one attached hydrogen (secondary N) is 1. The molecule has 0 aliphatic carbocycles. The van der Waals surface area contributed by atoms with Gasteiger partial charge in [0.2, 0.25) is 11.0 Å². The van der Waals surface area contributed by atoms with Gasteiger partial charge in [-0.15, -0.1) is 21.5 Å². The predicted octanol–water partition coefficient (Wildman–Crippen LogP) is 2.53. The molecule has 0 aliphatic heterocycles. The summed E-state index contributed by atoms with van der Waals surface area (Å²) in [6.07, 6.45) is 4.91. The van der Waals surface area contributed by atoms with Gasteiger partial charge in [0.15, 0.2) is 5.13 Å². The third kappa shape index (κ3) is 3.34. The molecule has 0 bridgehead atoms. The van der Waals surface area contributed by atoms with E-state index in [1.54, 1.807) is 0 Å². The maximum Gasteiger partial charge on any atom is 0.232 e. The third-order valence-electron chi connectivity index (χ3n) is 2.72. The van der Waals surface area contributed by atoms with Crippen molar-refractivity contribution in [3.63, 3.8) is 0 Å². The van der Waals surface area contributed by atoms with Crippen molar-refractivity contribution in [3.05, 3.63) is 40.6 Å². The number of carbonyl (C=O) groups excluding carboxylic acids is 1. The zero-order valence-corrected chi connectivity index (χ0v) is 12.9. The summed E-state index contributed by atoms with van der Waals surface area (Å²) in [7, 11) is 0. The Balaban J connectivity index is 1.62. The van der Waals surface area contributed by atoms with E-state index in [1.165, 1.54) is 22.7 Å². The van der Waals surface area contributed by atoms with Gasteiger partial charge in [-0.1, -0.05) is 18.3 Å². The molecule has 0 saturated carbocycles. The molecule has 0 radical (unpaired) electrons. The SMILES string of the molecule is CCc1nnc(NC(=O)Cc2csc(-n3cccc3)n2)s1. The maximum absolute atomic E-state index is 12.0. The zero-order chi connectivity index (χ0) is 14.7. The first kappa shape index (κ1) is 13.9. The second-order valence-corrected chi connectivity index (χ2v) is 6.19. The first-order chi connectivity index (χ1) is 10.2. The Bertz CT molecular complexity index is 731. The number of amides is 1. The van der Waals surface area contributed by atoms with Gasteiger partial charge < -0.3 is 9.88 Å². The minimum absolute atomic E-state index is 0.127. The number of thiazole rings is 1. The molecule has 0 spiro atoms. The van der Waals surface area contributed by atoms with Crippen LogP contribution >= 0.6 is 22.7 Å². The van der Waals surface area contributed by atoms with E-state index in [1.807, 2.05) is 41.4 Å². The van der Waals surface area contributed by atoms with E-state index in [-0.39, 0.29) is 12.3 Å². The average Bonchev–Trinajstić information content (AvgIpc) is 3.19. The van der Waals surface area contributed by atoms with Gasteiger partial charge >= 0.3 is 0 Å². The number of hydrogen-bond donors (Lipinski definition) is 1. The first-order valence-corrected chi connectivity index (χ1v) is 8.14. The van der Waals surface area contributed by atoms with E-state index in [4.69, 9.17) is 0 Å². The molecule has 1 N–H and O–H groups in total. The maximum atomic E-state index is 12.0. The number of aryl methyl sites for hydroxylation is 1. The lowest BCUT2D eigenvalue weighted by Crippen LogP contribution is -2.14. The quantitative estimate of drug-likeness (QED) is 0.784. The summed E-state index contributed by atoms with van der Waals surface area (Å²) < 4.78 is 1.92. The molecule has 0 aliphatic rings. The standard InChI is InChI=1S/C13H13N5OS2/c1-2-11-16-17-12(21-11)15-10(19)7-9-8-20-13(14-9)18-5-3-4-6-18/h3-6,8H,2,7H2,1H3,(H,15,17,19). The van der Waals surface area contributed by atoms with Gasteiger partial charge in [-0.05, 0) is 18.6 Å². The summed E-state index contributed by atoms with van der Waals surface area (Å²) in [5.74, 6) is -0.127. The Hall–Kier alpha value is -2.06.